The summed E-state index contributed by atoms with van der Waals surface area (Å²) in [5.41, 5.74) is 12.1. The smallest absolute Gasteiger partial charge is 0.0894 e. The second kappa shape index (κ2) is 16.5. The zero-order valence-electron chi connectivity index (χ0n) is 30.5. The lowest BCUT2D eigenvalue weighted by atomic mass is 10.1. The molecule has 0 saturated carbocycles. The lowest BCUT2D eigenvalue weighted by Crippen LogP contribution is -2.08. The van der Waals surface area contributed by atoms with E-state index in [0.717, 1.165) is 67.8 Å². The topological polar surface area (TPSA) is 38.7 Å². The summed E-state index contributed by atoms with van der Waals surface area (Å²) in [6.45, 7) is 0. The standard InChI is InChI=1S/C44H48N6/c1-47(2)37-17-9-13-33(29-37)21-25-41-42(26-22-34-14-10-18-38(30-34)48(3)4)46-44(28-24-36-16-12-20-40(32-36)50(7)8)43(45-41)27-23-35-15-11-19-39(31-35)49(5)6/h9-32H,1-8H3. The van der Waals surface area contributed by atoms with Crippen molar-refractivity contribution in [1.82, 2.24) is 9.97 Å². The highest BCUT2D eigenvalue weighted by Crippen LogP contribution is 2.24. The van der Waals surface area contributed by atoms with Crippen LogP contribution >= 0.6 is 0 Å². The highest BCUT2D eigenvalue weighted by molar-refractivity contribution is 5.82. The number of aromatic nitrogens is 2. The van der Waals surface area contributed by atoms with Gasteiger partial charge in [-0.25, -0.2) is 9.97 Å². The number of hydrogen-bond acceptors (Lipinski definition) is 6. The van der Waals surface area contributed by atoms with Gasteiger partial charge in [-0.05, 0) is 95.1 Å². The van der Waals surface area contributed by atoms with Gasteiger partial charge in [-0.15, -0.1) is 0 Å². The Bertz CT molecular complexity index is 1740. The van der Waals surface area contributed by atoms with Crippen molar-refractivity contribution in [1.29, 1.82) is 0 Å². The third-order valence-corrected chi connectivity index (χ3v) is 8.29. The highest BCUT2D eigenvalue weighted by Gasteiger charge is 2.09. The Morgan fingerprint density at radius 1 is 0.320 bits per heavy atom. The Morgan fingerprint density at radius 3 is 0.740 bits per heavy atom. The lowest BCUT2D eigenvalue weighted by Gasteiger charge is -2.13. The van der Waals surface area contributed by atoms with E-state index in [2.05, 4.69) is 222 Å². The molecule has 254 valence electrons. The summed E-state index contributed by atoms with van der Waals surface area (Å²) in [5.74, 6) is 0. The SMILES string of the molecule is CN(C)c1cccc(C=Cc2nc(C=Cc3cccc(N(C)C)c3)c(C=Cc3cccc(N(C)C)c3)nc2C=Cc2cccc(N(C)C)c2)c1. The summed E-state index contributed by atoms with van der Waals surface area (Å²) in [6, 6.07) is 33.9. The Labute approximate surface area is 298 Å². The zero-order valence-corrected chi connectivity index (χ0v) is 30.5. The Kier molecular flexibility index (Phi) is 11.7. The van der Waals surface area contributed by atoms with Gasteiger partial charge in [0.25, 0.3) is 0 Å². The molecule has 1 heterocycles. The largest absolute Gasteiger partial charge is 0.378 e. The van der Waals surface area contributed by atoms with Gasteiger partial charge in [0.15, 0.2) is 0 Å². The fraction of sp³-hybridized carbons (Fsp3) is 0.182. The lowest BCUT2D eigenvalue weighted by molar-refractivity contribution is 1.12. The molecule has 0 atom stereocenters. The van der Waals surface area contributed by atoms with Gasteiger partial charge in [0.1, 0.15) is 0 Å². The van der Waals surface area contributed by atoms with E-state index in [1.165, 1.54) is 0 Å². The van der Waals surface area contributed by atoms with Gasteiger partial charge >= 0.3 is 0 Å². The summed E-state index contributed by atoms with van der Waals surface area (Å²) in [5, 5.41) is 0. The van der Waals surface area contributed by atoms with Gasteiger partial charge in [0.2, 0.25) is 0 Å². The van der Waals surface area contributed by atoms with E-state index in [0.29, 0.717) is 0 Å². The maximum atomic E-state index is 5.26. The Morgan fingerprint density at radius 2 is 0.540 bits per heavy atom. The minimum Gasteiger partial charge on any atom is -0.378 e. The van der Waals surface area contributed by atoms with Crippen LogP contribution in [-0.4, -0.2) is 66.3 Å². The number of anilines is 4. The summed E-state index contributed by atoms with van der Waals surface area (Å²) >= 11 is 0. The number of benzene rings is 4. The molecule has 1 aromatic heterocycles. The van der Waals surface area contributed by atoms with Crippen molar-refractivity contribution >= 4 is 71.4 Å². The average Bonchev–Trinajstić information content (AvgIpc) is 3.12. The van der Waals surface area contributed by atoms with Gasteiger partial charge in [-0.3, -0.25) is 0 Å². The second-order valence-corrected chi connectivity index (χ2v) is 13.1. The monoisotopic (exact) mass is 660 g/mol. The molecule has 5 rings (SSSR count). The summed E-state index contributed by atoms with van der Waals surface area (Å²) in [4.78, 5) is 18.9. The van der Waals surface area contributed by atoms with Crippen molar-refractivity contribution in [2.24, 2.45) is 0 Å². The number of hydrogen-bond donors (Lipinski definition) is 0. The molecule has 6 nitrogen and oxygen atoms in total. The third kappa shape index (κ3) is 9.60. The van der Waals surface area contributed by atoms with Gasteiger partial charge in [-0.2, -0.15) is 0 Å². The minimum atomic E-state index is 0.786. The van der Waals surface area contributed by atoms with Crippen LogP contribution in [0, 0.1) is 0 Å². The molecule has 0 N–H and O–H groups in total. The fourth-order valence-electron chi connectivity index (χ4n) is 5.31. The van der Waals surface area contributed by atoms with E-state index < -0.39 is 0 Å². The average molecular weight is 661 g/mol. The predicted molar refractivity (Wildman–Crippen MR) is 221 cm³/mol. The molecule has 0 spiro atoms. The first kappa shape index (κ1) is 35.4. The quantitative estimate of drug-likeness (QED) is 0.133. The van der Waals surface area contributed by atoms with Crippen molar-refractivity contribution < 1.29 is 0 Å². The summed E-state index contributed by atoms with van der Waals surface area (Å²) < 4.78 is 0. The van der Waals surface area contributed by atoms with Crippen molar-refractivity contribution in [2.75, 3.05) is 76.0 Å². The number of nitrogens with zero attached hydrogens (tertiary/aromatic N) is 6. The molecule has 0 aliphatic carbocycles. The normalized spacial score (nSPS) is 11.7. The molecule has 50 heavy (non-hydrogen) atoms. The van der Waals surface area contributed by atoms with E-state index in [1.54, 1.807) is 0 Å². The first-order chi connectivity index (χ1) is 24.0. The third-order valence-electron chi connectivity index (χ3n) is 8.29. The van der Waals surface area contributed by atoms with E-state index >= 15 is 0 Å². The first-order valence-corrected chi connectivity index (χ1v) is 16.8. The summed E-state index contributed by atoms with van der Waals surface area (Å²) in [6.07, 6.45) is 16.7. The number of rotatable bonds is 12. The van der Waals surface area contributed by atoms with E-state index in [1.807, 2.05) is 0 Å². The van der Waals surface area contributed by atoms with Gasteiger partial charge in [0.05, 0.1) is 22.8 Å². The van der Waals surface area contributed by atoms with Crippen LogP contribution < -0.4 is 19.6 Å². The molecule has 0 radical (unpaired) electrons. The fourth-order valence-corrected chi connectivity index (χ4v) is 5.31. The molecule has 0 bridgehead atoms. The molecule has 0 aliphatic rings. The minimum absolute atomic E-state index is 0.786. The van der Waals surface area contributed by atoms with Crippen LogP contribution in [0.1, 0.15) is 45.0 Å². The maximum Gasteiger partial charge on any atom is 0.0894 e. The van der Waals surface area contributed by atoms with E-state index in [9.17, 15) is 0 Å². The van der Waals surface area contributed by atoms with Crippen LogP contribution in [0.25, 0.3) is 48.6 Å². The van der Waals surface area contributed by atoms with Crippen molar-refractivity contribution in [3.8, 4) is 0 Å². The molecular formula is C44H48N6. The molecule has 0 fully saturated rings. The maximum absolute atomic E-state index is 5.26. The van der Waals surface area contributed by atoms with Gasteiger partial charge in [0, 0.05) is 79.1 Å². The van der Waals surface area contributed by atoms with Crippen LogP contribution in [0.5, 0.6) is 0 Å². The zero-order chi connectivity index (χ0) is 35.6. The van der Waals surface area contributed by atoms with Crippen LogP contribution in [0.2, 0.25) is 0 Å². The van der Waals surface area contributed by atoms with Crippen LogP contribution in [-0.2, 0) is 0 Å². The molecule has 5 aromatic rings. The molecule has 4 aromatic carbocycles. The Hall–Kier alpha value is -5.88. The Balaban J connectivity index is 1.65. The van der Waals surface area contributed by atoms with Crippen LogP contribution in [0.15, 0.2) is 97.1 Å². The first-order valence-electron chi connectivity index (χ1n) is 16.8. The van der Waals surface area contributed by atoms with Crippen molar-refractivity contribution in [3.63, 3.8) is 0 Å². The molecular weight excluding hydrogens is 613 g/mol. The molecule has 6 heteroatoms. The van der Waals surface area contributed by atoms with Gasteiger partial charge < -0.3 is 19.6 Å². The highest BCUT2D eigenvalue weighted by atomic mass is 15.1. The van der Waals surface area contributed by atoms with E-state index in [4.69, 9.17) is 9.97 Å². The predicted octanol–water partition coefficient (Wildman–Crippen LogP) is 9.42. The van der Waals surface area contributed by atoms with Gasteiger partial charge in [-0.1, -0.05) is 72.8 Å². The molecule has 0 aliphatic heterocycles. The molecule has 0 unspecified atom stereocenters. The molecule has 0 amide bonds. The van der Waals surface area contributed by atoms with Crippen LogP contribution in [0.4, 0.5) is 22.7 Å². The summed E-state index contributed by atoms with van der Waals surface area (Å²) in [7, 11) is 16.4. The second-order valence-electron chi connectivity index (χ2n) is 13.1. The van der Waals surface area contributed by atoms with Crippen molar-refractivity contribution in [2.45, 2.75) is 0 Å². The van der Waals surface area contributed by atoms with Crippen LogP contribution in [0.3, 0.4) is 0 Å². The van der Waals surface area contributed by atoms with E-state index in [-0.39, 0.29) is 0 Å². The molecule has 0 saturated heterocycles. The van der Waals surface area contributed by atoms with Crippen molar-refractivity contribution in [3.05, 3.63) is 142 Å².